The summed E-state index contributed by atoms with van der Waals surface area (Å²) in [4.78, 5) is 16.0. The van der Waals surface area contributed by atoms with Gasteiger partial charge in [-0.2, -0.15) is 0 Å². The first kappa shape index (κ1) is 21.2. The van der Waals surface area contributed by atoms with Gasteiger partial charge in [0.05, 0.1) is 19.5 Å². The molecular weight excluding hydrogens is 410 g/mol. The van der Waals surface area contributed by atoms with Gasteiger partial charge < -0.3 is 16.0 Å². The molecule has 0 saturated heterocycles. The first-order valence-electron chi connectivity index (χ1n) is 7.12. The van der Waals surface area contributed by atoms with Crippen molar-refractivity contribution >= 4 is 35.8 Å². The van der Waals surface area contributed by atoms with Gasteiger partial charge in [-0.05, 0) is 24.6 Å². The number of rotatable bonds is 7. The number of guanidine groups is 1. The number of amides is 1. The van der Waals surface area contributed by atoms with Crippen molar-refractivity contribution in [3.63, 3.8) is 0 Å². The molecule has 0 spiro atoms. The van der Waals surface area contributed by atoms with Crippen LogP contribution in [-0.4, -0.2) is 38.0 Å². The van der Waals surface area contributed by atoms with Crippen LogP contribution in [0.4, 0.5) is 4.39 Å². The molecule has 0 bridgehead atoms. The Labute approximate surface area is 153 Å². The van der Waals surface area contributed by atoms with E-state index in [0.29, 0.717) is 25.6 Å². The summed E-state index contributed by atoms with van der Waals surface area (Å²) in [5.41, 5.74) is 0.770. The van der Waals surface area contributed by atoms with Crippen LogP contribution >= 0.6 is 24.0 Å². The normalized spacial score (nSPS) is 10.2. The molecule has 0 radical (unpaired) electrons. The second-order valence-corrected chi connectivity index (χ2v) is 4.47. The minimum Gasteiger partial charge on any atom is -0.357 e. The third-order valence-electron chi connectivity index (χ3n) is 2.68. The number of benzene rings is 1. The molecular formula is C16H22FIN4O. The molecule has 0 heterocycles. The first-order valence-corrected chi connectivity index (χ1v) is 7.12. The van der Waals surface area contributed by atoms with Gasteiger partial charge in [0, 0.05) is 13.1 Å². The first-order chi connectivity index (χ1) is 10.7. The number of halogens is 2. The van der Waals surface area contributed by atoms with Crippen LogP contribution in [0.15, 0.2) is 29.3 Å². The molecule has 1 rings (SSSR count). The quantitative estimate of drug-likeness (QED) is 0.200. The summed E-state index contributed by atoms with van der Waals surface area (Å²) in [7, 11) is 0. The molecule has 3 N–H and O–H groups in total. The lowest BCUT2D eigenvalue weighted by Crippen LogP contribution is -2.38. The van der Waals surface area contributed by atoms with Crippen molar-refractivity contribution in [3.8, 4) is 12.3 Å². The summed E-state index contributed by atoms with van der Waals surface area (Å²) < 4.78 is 12.8. The maximum Gasteiger partial charge on any atom is 0.224 e. The highest BCUT2D eigenvalue weighted by Crippen LogP contribution is 2.03. The molecule has 1 amide bonds. The van der Waals surface area contributed by atoms with Gasteiger partial charge in [-0.3, -0.25) is 9.79 Å². The molecule has 23 heavy (non-hydrogen) atoms. The molecule has 0 unspecified atom stereocenters. The lowest BCUT2D eigenvalue weighted by Gasteiger charge is -2.09. The number of nitrogens with one attached hydrogen (secondary N) is 3. The number of terminal acetylenes is 1. The third kappa shape index (κ3) is 9.73. The van der Waals surface area contributed by atoms with Gasteiger partial charge in [0.15, 0.2) is 5.96 Å². The van der Waals surface area contributed by atoms with E-state index in [9.17, 15) is 9.18 Å². The number of hydrogen-bond acceptors (Lipinski definition) is 2. The maximum absolute atomic E-state index is 12.8. The standard InChI is InChI=1S/C16H21FN4O.HI/c1-3-9-20-16(18-4-2)21-11-10-19-15(22)12-13-5-7-14(17)8-6-13;/h1,5-8H,4,9-12H2,2H3,(H,19,22)(H2,18,20,21);1H. The smallest absolute Gasteiger partial charge is 0.224 e. The molecule has 0 saturated carbocycles. The monoisotopic (exact) mass is 432 g/mol. The van der Waals surface area contributed by atoms with Crippen LogP contribution in [0.3, 0.4) is 0 Å². The fourth-order valence-corrected chi connectivity index (χ4v) is 1.69. The Hall–Kier alpha value is -1.82. The van der Waals surface area contributed by atoms with Gasteiger partial charge in [-0.25, -0.2) is 4.39 Å². The number of nitrogens with zero attached hydrogens (tertiary/aromatic N) is 1. The number of hydrogen-bond donors (Lipinski definition) is 3. The fraction of sp³-hybridized carbons (Fsp3) is 0.375. The maximum atomic E-state index is 12.8. The van der Waals surface area contributed by atoms with Gasteiger partial charge in [-0.15, -0.1) is 30.4 Å². The lowest BCUT2D eigenvalue weighted by atomic mass is 10.1. The Morgan fingerprint density at radius 1 is 1.26 bits per heavy atom. The molecule has 1 aromatic rings. The van der Waals surface area contributed by atoms with Gasteiger partial charge in [-0.1, -0.05) is 18.1 Å². The summed E-state index contributed by atoms with van der Waals surface area (Å²) in [5.74, 6) is 2.65. The Morgan fingerprint density at radius 3 is 2.57 bits per heavy atom. The van der Waals surface area contributed by atoms with Crippen molar-refractivity contribution in [2.75, 3.05) is 26.2 Å². The highest BCUT2D eigenvalue weighted by atomic mass is 127. The zero-order chi connectivity index (χ0) is 16.2. The van der Waals surface area contributed by atoms with E-state index >= 15 is 0 Å². The van der Waals surface area contributed by atoms with Crippen LogP contribution in [0.5, 0.6) is 0 Å². The minimum atomic E-state index is -0.311. The Morgan fingerprint density at radius 2 is 1.96 bits per heavy atom. The van der Waals surface area contributed by atoms with Gasteiger partial charge in [0.25, 0.3) is 0 Å². The van der Waals surface area contributed by atoms with Crippen molar-refractivity contribution < 1.29 is 9.18 Å². The number of carbonyl (C=O) groups is 1. The zero-order valence-corrected chi connectivity index (χ0v) is 15.4. The second-order valence-electron chi connectivity index (χ2n) is 4.47. The third-order valence-corrected chi connectivity index (χ3v) is 2.68. The molecule has 5 nitrogen and oxygen atoms in total. The predicted octanol–water partition coefficient (Wildman–Crippen LogP) is 1.29. The van der Waals surface area contributed by atoms with Crippen LogP contribution in [0.2, 0.25) is 0 Å². The zero-order valence-electron chi connectivity index (χ0n) is 13.1. The van der Waals surface area contributed by atoms with E-state index in [0.717, 1.165) is 12.1 Å². The van der Waals surface area contributed by atoms with Gasteiger partial charge >= 0.3 is 0 Å². The van der Waals surface area contributed by atoms with Crippen LogP contribution < -0.4 is 16.0 Å². The lowest BCUT2D eigenvalue weighted by molar-refractivity contribution is -0.120. The van der Waals surface area contributed by atoms with Crippen molar-refractivity contribution in [2.24, 2.45) is 4.99 Å². The summed E-state index contributed by atoms with van der Waals surface area (Å²) in [6.45, 7) is 3.94. The molecule has 0 aliphatic carbocycles. The van der Waals surface area contributed by atoms with Crippen molar-refractivity contribution in [3.05, 3.63) is 35.6 Å². The Bertz CT molecular complexity index is 540. The summed E-state index contributed by atoms with van der Waals surface area (Å²) in [6, 6.07) is 5.87. The summed E-state index contributed by atoms with van der Waals surface area (Å²) in [6.07, 6.45) is 5.40. The SMILES string of the molecule is C#CCNC(=NCCNC(=O)Cc1ccc(F)cc1)NCC.I. The van der Waals surface area contributed by atoms with Crippen molar-refractivity contribution in [1.29, 1.82) is 0 Å². The van der Waals surface area contributed by atoms with E-state index in [4.69, 9.17) is 6.42 Å². The van der Waals surface area contributed by atoms with Crippen molar-refractivity contribution in [1.82, 2.24) is 16.0 Å². The van der Waals surface area contributed by atoms with Crippen LogP contribution in [0, 0.1) is 18.2 Å². The molecule has 0 atom stereocenters. The Kier molecular flexibility index (Phi) is 11.7. The minimum absolute atomic E-state index is 0. The summed E-state index contributed by atoms with van der Waals surface area (Å²) >= 11 is 0. The summed E-state index contributed by atoms with van der Waals surface area (Å²) in [5, 5.41) is 8.77. The van der Waals surface area contributed by atoms with E-state index in [1.807, 2.05) is 6.92 Å². The molecule has 126 valence electrons. The van der Waals surface area contributed by atoms with Gasteiger partial charge in [0.2, 0.25) is 5.91 Å². The molecule has 0 aliphatic rings. The Balaban J connectivity index is 0.00000484. The van der Waals surface area contributed by atoms with Crippen LogP contribution in [0.25, 0.3) is 0 Å². The number of carbonyl (C=O) groups excluding carboxylic acids is 1. The topological polar surface area (TPSA) is 65.5 Å². The molecule has 0 aliphatic heterocycles. The molecule has 0 fully saturated rings. The van der Waals surface area contributed by atoms with E-state index in [1.165, 1.54) is 12.1 Å². The van der Waals surface area contributed by atoms with E-state index in [2.05, 4.69) is 26.9 Å². The van der Waals surface area contributed by atoms with E-state index in [-0.39, 0.29) is 42.1 Å². The van der Waals surface area contributed by atoms with Gasteiger partial charge in [0.1, 0.15) is 5.82 Å². The fourth-order valence-electron chi connectivity index (χ4n) is 1.69. The van der Waals surface area contributed by atoms with Crippen LogP contribution in [-0.2, 0) is 11.2 Å². The van der Waals surface area contributed by atoms with Crippen molar-refractivity contribution in [2.45, 2.75) is 13.3 Å². The van der Waals surface area contributed by atoms with E-state index < -0.39 is 0 Å². The number of aliphatic imine (C=N–C) groups is 1. The van der Waals surface area contributed by atoms with Crippen LogP contribution in [0.1, 0.15) is 12.5 Å². The molecule has 7 heteroatoms. The second kappa shape index (κ2) is 12.7. The largest absolute Gasteiger partial charge is 0.357 e. The molecule has 1 aromatic carbocycles. The van der Waals surface area contributed by atoms with E-state index in [1.54, 1.807) is 12.1 Å². The highest BCUT2D eigenvalue weighted by Gasteiger charge is 2.03. The predicted molar refractivity (Wildman–Crippen MR) is 101 cm³/mol. The average Bonchev–Trinajstić information content (AvgIpc) is 2.51. The average molecular weight is 432 g/mol. The molecule has 0 aromatic heterocycles. The highest BCUT2D eigenvalue weighted by molar-refractivity contribution is 14.0.